The Labute approximate surface area is 169 Å². The highest BCUT2D eigenvalue weighted by Gasteiger charge is 2.31. The van der Waals surface area contributed by atoms with Crippen molar-refractivity contribution in [2.75, 3.05) is 31.2 Å². The van der Waals surface area contributed by atoms with E-state index in [2.05, 4.69) is 21.2 Å². The number of morpholine rings is 1. The molecular formula is C22H21N5O2. The summed E-state index contributed by atoms with van der Waals surface area (Å²) in [5, 5.41) is 18.5. The topological polar surface area (TPSA) is 84.0 Å². The zero-order valence-electron chi connectivity index (χ0n) is 16.2. The summed E-state index contributed by atoms with van der Waals surface area (Å²) in [6.07, 6.45) is 0. The molecule has 0 amide bonds. The molecule has 0 bridgehead atoms. The molecule has 0 unspecified atom stereocenters. The number of hydrogen-bond acceptors (Lipinski definition) is 6. The van der Waals surface area contributed by atoms with Crippen LogP contribution in [0.2, 0.25) is 0 Å². The molecule has 1 aliphatic rings. The number of ether oxygens (including phenoxy) is 1. The van der Waals surface area contributed by atoms with Gasteiger partial charge in [0, 0.05) is 18.7 Å². The third kappa shape index (κ3) is 3.75. The average molecular weight is 387 g/mol. The molecule has 146 valence electrons. The number of aryl methyl sites for hydroxylation is 1. The second-order valence-electron chi connectivity index (χ2n) is 6.92. The molecule has 0 spiro atoms. The van der Waals surface area contributed by atoms with E-state index >= 15 is 0 Å². The van der Waals surface area contributed by atoms with E-state index < -0.39 is 5.92 Å². The maximum absolute atomic E-state index is 13.1. The summed E-state index contributed by atoms with van der Waals surface area (Å²) in [7, 11) is 0. The molecular weight excluding hydrogens is 366 g/mol. The SMILES string of the molecule is Cc1ccc(C(=O)[C@@H](C#N)c2nnc(N3CCOCC3)n2-c2ccccc2)cc1. The molecule has 0 aliphatic carbocycles. The van der Waals surface area contributed by atoms with Crippen LogP contribution in [0.5, 0.6) is 0 Å². The third-order valence-corrected chi connectivity index (χ3v) is 4.96. The highest BCUT2D eigenvalue weighted by Crippen LogP contribution is 2.27. The first-order valence-electron chi connectivity index (χ1n) is 9.53. The molecule has 1 saturated heterocycles. The van der Waals surface area contributed by atoms with Crippen molar-refractivity contribution in [3.63, 3.8) is 0 Å². The number of nitrogens with zero attached hydrogens (tertiary/aromatic N) is 5. The molecule has 29 heavy (non-hydrogen) atoms. The molecule has 1 atom stereocenters. The van der Waals surface area contributed by atoms with Crippen molar-refractivity contribution in [2.24, 2.45) is 0 Å². The maximum Gasteiger partial charge on any atom is 0.232 e. The van der Waals surface area contributed by atoms with Crippen LogP contribution in [0.3, 0.4) is 0 Å². The number of ketones is 1. The van der Waals surface area contributed by atoms with Crippen LogP contribution in [0.4, 0.5) is 5.95 Å². The van der Waals surface area contributed by atoms with E-state index in [1.807, 2.05) is 54.0 Å². The second-order valence-corrected chi connectivity index (χ2v) is 6.92. The molecule has 1 aromatic heterocycles. The van der Waals surface area contributed by atoms with Gasteiger partial charge in [-0.2, -0.15) is 5.26 Å². The number of benzene rings is 2. The minimum Gasteiger partial charge on any atom is -0.378 e. The smallest absolute Gasteiger partial charge is 0.232 e. The summed E-state index contributed by atoms with van der Waals surface area (Å²) in [5.74, 6) is -0.400. The largest absolute Gasteiger partial charge is 0.378 e. The molecule has 2 aromatic carbocycles. The quantitative estimate of drug-likeness (QED) is 0.626. The predicted molar refractivity (Wildman–Crippen MR) is 108 cm³/mol. The second kappa shape index (κ2) is 8.25. The lowest BCUT2D eigenvalue weighted by atomic mass is 9.97. The number of rotatable bonds is 5. The van der Waals surface area contributed by atoms with Gasteiger partial charge in [-0.3, -0.25) is 9.36 Å². The van der Waals surface area contributed by atoms with Crippen LogP contribution in [-0.4, -0.2) is 46.9 Å². The molecule has 7 heteroatoms. The molecule has 1 fully saturated rings. The Bertz CT molecular complexity index is 1030. The van der Waals surface area contributed by atoms with Crippen molar-refractivity contribution >= 4 is 11.7 Å². The first-order valence-corrected chi connectivity index (χ1v) is 9.53. The van der Waals surface area contributed by atoms with E-state index in [1.165, 1.54) is 0 Å². The van der Waals surface area contributed by atoms with Gasteiger partial charge >= 0.3 is 0 Å². The zero-order valence-corrected chi connectivity index (χ0v) is 16.2. The summed E-state index contributed by atoms with van der Waals surface area (Å²) in [5.41, 5.74) is 2.35. The first kappa shape index (κ1) is 18.8. The van der Waals surface area contributed by atoms with Crippen LogP contribution in [0.15, 0.2) is 54.6 Å². The lowest BCUT2D eigenvalue weighted by Crippen LogP contribution is -2.38. The van der Waals surface area contributed by atoms with Crippen LogP contribution in [0.25, 0.3) is 5.69 Å². The molecule has 4 rings (SSSR count). The number of nitriles is 1. The predicted octanol–water partition coefficient (Wildman–Crippen LogP) is 2.90. The average Bonchev–Trinajstić information content (AvgIpc) is 3.21. The fraction of sp³-hybridized carbons (Fsp3) is 0.273. The Kier molecular flexibility index (Phi) is 5.36. The molecule has 0 radical (unpaired) electrons. The Morgan fingerprint density at radius 1 is 1.07 bits per heavy atom. The van der Waals surface area contributed by atoms with E-state index in [1.54, 1.807) is 12.1 Å². The summed E-state index contributed by atoms with van der Waals surface area (Å²) in [6.45, 7) is 4.50. The van der Waals surface area contributed by atoms with Crippen molar-refractivity contribution in [1.29, 1.82) is 5.26 Å². The third-order valence-electron chi connectivity index (χ3n) is 4.96. The Hall–Kier alpha value is -3.50. The van der Waals surface area contributed by atoms with Gasteiger partial charge in [-0.25, -0.2) is 0 Å². The summed E-state index contributed by atoms with van der Waals surface area (Å²) in [4.78, 5) is 15.2. The van der Waals surface area contributed by atoms with Crippen molar-refractivity contribution in [3.8, 4) is 11.8 Å². The number of Topliss-reactive ketones (excluding diaryl/α,β-unsaturated/α-hetero) is 1. The van der Waals surface area contributed by atoms with Crippen molar-refractivity contribution in [1.82, 2.24) is 14.8 Å². The van der Waals surface area contributed by atoms with Crippen molar-refractivity contribution in [3.05, 3.63) is 71.5 Å². The van der Waals surface area contributed by atoms with Crippen LogP contribution in [0.1, 0.15) is 27.7 Å². The first-order chi connectivity index (χ1) is 14.2. The highest BCUT2D eigenvalue weighted by molar-refractivity contribution is 6.02. The van der Waals surface area contributed by atoms with E-state index in [4.69, 9.17) is 4.74 Å². The minimum atomic E-state index is -1.06. The molecule has 3 aromatic rings. The summed E-state index contributed by atoms with van der Waals surface area (Å²) < 4.78 is 7.25. The number of anilines is 1. The van der Waals surface area contributed by atoms with E-state index in [0.29, 0.717) is 43.6 Å². The van der Waals surface area contributed by atoms with Gasteiger partial charge in [0.1, 0.15) is 0 Å². The zero-order chi connectivity index (χ0) is 20.2. The number of para-hydroxylation sites is 1. The normalized spacial score (nSPS) is 15.0. The van der Waals surface area contributed by atoms with Gasteiger partial charge < -0.3 is 9.64 Å². The van der Waals surface area contributed by atoms with Crippen molar-refractivity contribution < 1.29 is 9.53 Å². The highest BCUT2D eigenvalue weighted by atomic mass is 16.5. The standard InChI is InChI=1S/C22H21N5O2/c1-16-7-9-17(10-8-16)20(28)19(15-23)21-24-25-22(26-11-13-29-14-12-26)27(21)18-5-3-2-4-6-18/h2-10,19H,11-14H2,1H3/t19-/m1/s1. The van der Waals surface area contributed by atoms with E-state index in [9.17, 15) is 10.1 Å². The fourth-order valence-electron chi connectivity index (χ4n) is 3.39. The van der Waals surface area contributed by atoms with E-state index in [-0.39, 0.29) is 5.78 Å². The Morgan fingerprint density at radius 3 is 2.41 bits per heavy atom. The van der Waals surface area contributed by atoms with Gasteiger partial charge in [0.2, 0.25) is 5.95 Å². The van der Waals surface area contributed by atoms with Gasteiger partial charge in [-0.05, 0) is 19.1 Å². The van der Waals surface area contributed by atoms with Gasteiger partial charge in [0.05, 0.1) is 25.0 Å². The lowest BCUT2D eigenvalue weighted by molar-refractivity contribution is 0.0975. The van der Waals surface area contributed by atoms with Crippen LogP contribution in [0, 0.1) is 18.3 Å². The Balaban J connectivity index is 1.79. The van der Waals surface area contributed by atoms with Gasteiger partial charge in [0.25, 0.3) is 0 Å². The van der Waals surface area contributed by atoms with Gasteiger partial charge in [-0.15, -0.1) is 10.2 Å². The molecule has 1 aliphatic heterocycles. The van der Waals surface area contributed by atoms with E-state index in [0.717, 1.165) is 11.3 Å². The number of carbonyl (C=O) groups is 1. The number of carbonyl (C=O) groups excluding carboxylic acids is 1. The number of aromatic nitrogens is 3. The summed E-state index contributed by atoms with van der Waals surface area (Å²) >= 11 is 0. The molecule has 2 heterocycles. The fourth-order valence-corrected chi connectivity index (χ4v) is 3.39. The van der Waals surface area contributed by atoms with Crippen LogP contribution in [-0.2, 0) is 4.74 Å². The molecule has 0 saturated carbocycles. The van der Waals surface area contributed by atoms with Crippen molar-refractivity contribution in [2.45, 2.75) is 12.8 Å². The van der Waals surface area contributed by atoms with Crippen LogP contribution < -0.4 is 4.90 Å². The monoisotopic (exact) mass is 387 g/mol. The Morgan fingerprint density at radius 2 is 1.76 bits per heavy atom. The van der Waals surface area contributed by atoms with Crippen LogP contribution >= 0.6 is 0 Å². The minimum absolute atomic E-state index is 0.286. The maximum atomic E-state index is 13.1. The molecule has 7 nitrogen and oxygen atoms in total. The lowest BCUT2D eigenvalue weighted by Gasteiger charge is -2.28. The summed E-state index contributed by atoms with van der Waals surface area (Å²) in [6, 6.07) is 18.9. The number of hydrogen-bond donors (Lipinski definition) is 0. The van der Waals surface area contributed by atoms with Gasteiger partial charge in [-0.1, -0.05) is 48.0 Å². The van der Waals surface area contributed by atoms with Gasteiger partial charge in [0.15, 0.2) is 17.5 Å². The molecule has 0 N–H and O–H groups in total.